The van der Waals surface area contributed by atoms with Gasteiger partial charge in [0, 0.05) is 5.22 Å². The minimum absolute atomic E-state index is 0.235. The normalized spacial score (nSPS) is 13.0. The molecular formula is C17H10N2O3S. The molecule has 1 aliphatic heterocycles. The molecule has 2 aromatic carbocycles. The average Bonchev–Trinajstić information content (AvgIpc) is 3.03. The number of aromatic nitrogens is 1. The molecule has 1 N–H and O–H groups in total. The van der Waals surface area contributed by atoms with E-state index in [9.17, 15) is 14.7 Å². The Hall–Kier alpha value is -2.99. The summed E-state index contributed by atoms with van der Waals surface area (Å²) in [4.78, 5) is 28.4. The van der Waals surface area contributed by atoms with Crippen LogP contribution in [0.1, 0.15) is 4.88 Å². The lowest BCUT2D eigenvalue weighted by atomic mass is 10.1. The Kier molecular flexibility index (Phi) is 2.99. The number of nitrogens with zero attached hydrogens (tertiary/aromatic N) is 2. The van der Waals surface area contributed by atoms with Crippen molar-refractivity contribution in [2.24, 2.45) is 4.99 Å². The minimum atomic E-state index is -0.442. The van der Waals surface area contributed by atoms with Crippen molar-refractivity contribution in [2.45, 2.75) is 0 Å². The second-order valence-corrected chi connectivity index (χ2v) is 5.96. The number of amides is 1. The van der Waals surface area contributed by atoms with Crippen LogP contribution in [-0.4, -0.2) is 15.6 Å². The van der Waals surface area contributed by atoms with Gasteiger partial charge in [0.15, 0.2) is 0 Å². The number of hydrogen-bond acceptors (Lipinski definition) is 4. The molecule has 0 saturated carbocycles. The van der Waals surface area contributed by atoms with Gasteiger partial charge in [-0.15, -0.1) is 0 Å². The highest BCUT2D eigenvalue weighted by molar-refractivity contribution is 7.11. The lowest BCUT2D eigenvalue weighted by Gasteiger charge is -2.03. The van der Waals surface area contributed by atoms with Crippen LogP contribution < -0.4 is 15.4 Å². The second-order valence-electron chi connectivity index (χ2n) is 5.00. The number of fused-ring (bicyclic) bond motifs is 1. The van der Waals surface area contributed by atoms with Gasteiger partial charge in [-0.05, 0) is 18.2 Å². The molecule has 0 radical (unpaired) electrons. The van der Waals surface area contributed by atoms with Crippen LogP contribution in [0.25, 0.3) is 11.3 Å². The maximum Gasteiger partial charge on any atom is 0.315 e. The van der Waals surface area contributed by atoms with Gasteiger partial charge < -0.3 is 5.11 Å². The number of hydrogen-bond donors (Lipinski definition) is 1. The van der Waals surface area contributed by atoms with Crippen molar-refractivity contribution in [2.75, 3.05) is 0 Å². The van der Waals surface area contributed by atoms with E-state index in [-0.39, 0.29) is 21.2 Å². The van der Waals surface area contributed by atoms with Gasteiger partial charge in [-0.3, -0.25) is 9.59 Å². The lowest BCUT2D eigenvalue weighted by molar-refractivity contribution is -0.112. The van der Waals surface area contributed by atoms with Crippen molar-refractivity contribution in [3.63, 3.8) is 0 Å². The summed E-state index contributed by atoms with van der Waals surface area (Å²) in [6.45, 7) is 0. The molecule has 0 atom stereocenters. The summed E-state index contributed by atoms with van der Waals surface area (Å²) in [5.74, 6) is -0.676. The molecule has 0 bridgehead atoms. The molecule has 0 aliphatic carbocycles. The molecule has 3 aromatic rings. The summed E-state index contributed by atoms with van der Waals surface area (Å²) < 4.78 is 1.20. The van der Waals surface area contributed by atoms with Gasteiger partial charge >= 0.3 is 4.87 Å². The number of aromatic hydroxyl groups is 1. The maximum absolute atomic E-state index is 12.3. The van der Waals surface area contributed by atoms with Crippen molar-refractivity contribution >= 4 is 22.8 Å². The third-order valence-electron chi connectivity index (χ3n) is 3.64. The Morgan fingerprint density at radius 1 is 0.957 bits per heavy atom. The van der Waals surface area contributed by atoms with E-state index in [4.69, 9.17) is 0 Å². The smallest absolute Gasteiger partial charge is 0.315 e. The summed E-state index contributed by atoms with van der Waals surface area (Å²) in [6.07, 6.45) is 0. The van der Waals surface area contributed by atoms with Gasteiger partial charge in [-0.25, -0.2) is 9.56 Å². The van der Waals surface area contributed by atoms with Gasteiger partial charge in [0.25, 0.3) is 5.91 Å². The summed E-state index contributed by atoms with van der Waals surface area (Å²) in [7, 11) is 0. The molecular weight excluding hydrogens is 312 g/mol. The van der Waals surface area contributed by atoms with Crippen molar-refractivity contribution in [3.8, 4) is 11.6 Å². The Balaban J connectivity index is 2.03. The Morgan fingerprint density at radius 3 is 2.43 bits per heavy atom. The van der Waals surface area contributed by atoms with Gasteiger partial charge in [0.05, 0.1) is 16.6 Å². The van der Waals surface area contributed by atoms with Crippen LogP contribution in [-0.2, 0) is 4.79 Å². The molecule has 1 aliphatic rings. The molecule has 1 amide bonds. The number of rotatable bonds is 2. The zero-order valence-electron chi connectivity index (χ0n) is 11.8. The number of thiazole rings is 1. The molecule has 5 nitrogen and oxygen atoms in total. The van der Waals surface area contributed by atoms with Crippen LogP contribution >= 0.6 is 11.3 Å². The van der Waals surface area contributed by atoms with E-state index in [1.807, 2.05) is 6.07 Å². The monoisotopic (exact) mass is 322 g/mol. The molecule has 1 aromatic heterocycles. The summed E-state index contributed by atoms with van der Waals surface area (Å²) >= 11 is 0.840. The van der Waals surface area contributed by atoms with E-state index in [1.54, 1.807) is 48.5 Å². The first-order chi connectivity index (χ1) is 11.2. The topological polar surface area (TPSA) is 71.7 Å². The van der Waals surface area contributed by atoms with E-state index in [2.05, 4.69) is 4.99 Å². The predicted octanol–water partition coefficient (Wildman–Crippen LogP) is 0.963. The fraction of sp³-hybridized carbons (Fsp3) is 0. The van der Waals surface area contributed by atoms with Gasteiger partial charge in [-0.2, -0.15) is 0 Å². The molecule has 6 heteroatoms. The standard InChI is InChI=1S/C17H10N2O3S/c20-15-13(11-8-4-5-9-12(11)18-15)14-16(21)19(17(22)23-14)10-6-2-1-3-7-10/h1-9,21H. The first-order valence-corrected chi connectivity index (χ1v) is 7.71. The highest BCUT2D eigenvalue weighted by Crippen LogP contribution is 2.30. The zero-order chi connectivity index (χ0) is 16.0. The van der Waals surface area contributed by atoms with Crippen molar-refractivity contribution in [1.29, 1.82) is 0 Å². The molecule has 23 heavy (non-hydrogen) atoms. The summed E-state index contributed by atoms with van der Waals surface area (Å²) in [6, 6.07) is 15.9. The van der Waals surface area contributed by atoms with E-state index < -0.39 is 5.91 Å². The fourth-order valence-electron chi connectivity index (χ4n) is 2.62. The Bertz CT molecular complexity index is 1110. The largest absolute Gasteiger partial charge is 0.493 e. The van der Waals surface area contributed by atoms with Crippen LogP contribution in [0.15, 0.2) is 64.4 Å². The lowest BCUT2D eigenvalue weighted by Crippen LogP contribution is -2.22. The molecule has 0 unspecified atom stereocenters. The SMILES string of the molecule is O=C1N=c2ccccc2=C1c1sc(=O)n(-c2ccccc2)c1O. The average molecular weight is 322 g/mol. The molecule has 0 spiro atoms. The highest BCUT2D eigenvalue weighted by atomic mass is 32.1. The number of para-hydroxylation sites is 2. The van der Waals surface area contributed by atoms with Crippen LogP contribution in [0, 0.1) is 0 Å². The predicted molar refractivity (Wildman–Crippen MR) is 86.3 cm³/mol. The molecule has 112 valence electrons. The summed E-state index contributed by atoms with van der Waals surface area (Å²) in [5.41, 5.74) is 0.823. The van der Waals surface area contributed by atoms with Crippen molar-refractivity contribution in [3.05, 3.63) is 79.7 Å². The number of benzene rings is 2. The quantitative estimate of drug-likeness (QED) is 0.764. The molecule has 0 saturated heterocycles. The van der Waals surface area contributed by atoms with Gasteiger partial charge in [0.2, 0.25) is 5.88 Å². The Labute approximate surface area is 134 Å². The molecule has 2 heterocycles. The fourth-order valence-corrected chi connectivity index (χ4v) is 3.56. The first kappa shape index (κ1) is 13.7. The maximum atomic E-state index is 12.3. The third kappa shape index (κ3) is 2.03. The molecule has 4 rings (SSSR count). The van der Waals surface area contributed by atoms with E-state index >= 15 is 0 Å². The van der Waals surface area contributed by atoms with Crippen molar-refractivity contribution in [1.82, 2.24) is 4.57 Å². The Morgan fingerprint density at radius 2 is 1.65 bits per heavy atom. The molecule has 0 fully saturated rings. The van der Waals surface area contributed by atoms with Gasteiger partial charge in [0.1, 0.15) is 4.88 Å². The van der Waals surface area contributed by atoms with Crippen LogP contribution in [0.2, 0.25) is 0 Å². The number of carbonyl (C=O) groups is 1. The first-order valence-electron chi connectivity index (χ1n) is 6.90. The van der Waals surface area contributed by atoms with Crippen LogP contribution in [0.3, 0.4) is 0 Å². The van der Waals surface area contributed by atoms with Crippen LogP contribution in [0.5, 0.6) is 5.88 Å². The van der Waals surface area contributed by atoms with E-state index in [0.717, 1.165) is 11.3 Å². The van der Waals surface area contributed by atoms with Gasteiger partial charge in [-0.1, -0.05) is 47.7 Å². The zero-order valence-corrected chi connectivity index (χ0v) is 12.6. The minimum Gasteiger partial charge on any atom is -0.493 e. The van der Waals surface area contributed by atoms with E-state index in [0.29, 0.717) is 16.3 Å². The van der Waals surface area contributed by atoms with Crippen molar-refractivity contribution < 1.29 is 9.90 Å². The summed E-state index contributed by atoms with van der Waals surface area (Å²) in [5, 5.41) is 11.7. The van der Waals surface area contributed by atoms with Crippen LogP contribution in [0.4, 0.5) is 0 Å². The second kappa shape index (κ2) is 5.03. The number of carbonyl (C=O) groups excluding carboxylic acids is 1. The third-order valence-corrected chi connectivity index (χ3v) is 4.59. The highest BCUT2D eigenvalue weighted by Gasteiger charge is 2.26. The van der Waals surface area contributed by atoms with E-state index in [1.165, 1.54) is 4.57 Å².